The molecule has 28 heavy (non-hydrogen) atoms. The first-order valence-corrected chi connectivity index (χ1v) is 10.1. The third kappa shape index (κ3) is 4.42. The number of hydrogen-bond acceptors (Lipinski definition) is 7. The number of benzene rings is 1. The van der Waals surface area contributed by atoms with Crippen molar-refractivity contribution in [1.29, 1.82) is 0 Å². The fraction of sp³-hybridized carbons (Fsp3) is 0.263. The summed E-state index contributed by atoms with van der Waals surface area (Å²) in [7, 11) is 1.61. The lowest BCUT2D eigenvalue weighted by atomic mass is 10.2. The van der Waals surface area contributed by atoms with Crippen molar-refractivity contribution in [3.05, 3.63) is 62.3 Å². The molecule has 0 spiro atoms. The van der Waals surface area contributed by atoms with Crippen molar-refractivity contribution in [2.75, 3.05) is 18.6 Å². The van der Waals surface area contributed by atoms with Crippen molar-refractivity contribution in [2.45, 2.75) is 20.3 Å². The number of amides is 1. The highest BCUT2D eigenvalue weighted by molar-refractivity contribution is 7.18. The maximum Gasteiger partial charge on any atom is 0.350 e. The minimum atomic E-state index is -0.441. The van der Waals surface area contributed by atoms with E-state index in [1.807, 2.05) is 0 Å². The molecule has 0 saturated heterocycles. The van der Waals surface area contributed by atoms with Crippen LogP contribution in [-0.2, 0) is 11.2 Å². The minimum Gasteiger partial charge on any atom is -0.462 e. The highest BCUT2D eigenvalue weighted by atomic mass is 32.1. The lowest BCUT2D eigenvalue weighted by molar-refractivity contribution is 0.0531. The van der Waals surface area contributed by atoms with Crippen molar-refractivity contribution >= 4 is 39.7 Å². The Hall–Kier alpha value is -2.65. The molecule has 0 atom stereocenters. The Balaban J connectivity index is 1.73. The van der Waals surface area contributed by atoms with Gasteiger partial charge in [0.2, 0.25) is 0 Å². The predicted octanol–water partition coefficient (Wildman–Crippen LogP) is 4.09. The van der Waals surface area contributed by atoms with Crippen molar-refractivity contribution in [1.82, 2.24) is 9.97 Å². The van der Waals surface area contributed by atoms with Crippen LogP contribution in [0.2, 0.25) is 0 Å². The topological polar surface area (TPSA) is 72.4 Å². The number of esters is 1. The van der Waals surface area contributed by atoms with E-state index >= 15 is 0 Å². The zero-order chi connectivity index (χ0) is 20.3. The summed E-state index contributed by atoms with van der Waals surface area (Å²) in [5.41, 5.74) is 1.44. The van der Waals surface area contributed by atoms with E-state index in [0.717, 1.165) is 21.9 Å². The number of anilines is 1. The number of carbonyl (C=O) groups excluding carboxylic acids is 2. The number of rotatable bonds is 6. The van der Waals surface area contributed by atoms with Gasteiger partial charge in [-0.15, -0.1) is 11.3 Å². The van der Waals surface area contributed by atoms with Crippen LogP contribution in [0.4, 0.5) is 9.52 Å². The minimum absolute atomic E-state index is 0.257. The van der Waals surface area contributed by atoms with E-state index in [4.69, 9.17) is 4.74 Å². The van der Waals surface area contributed by atoms with Crippen LogP contribution in [-0.4, -0.2) is 35.5 Å². The molecule has 0 bridgehead atoms. The summed E-state index contributed by atoms with van der Waals surface area (Å²) in [6, 6.07) is 6.18. The molecular formula is C19H18FN3O3S2. The Bertz CT molecular complexity index is 998. The number of halogens is 1. The first kappa shape index (κ1) is 20.1. The SMILES string of the molecule is CCOC(=O)c1sc(N(C)C(=O)c2cnc(Cc3ccc(F)cc3)s2)nc1C. The Morgan fingerprint density at radius 3 is 2.61 bits per heavy atom. The van der Waals surface area contributed by atoms with Gasteiger partial charge in [-0.1, -0.05) is 23.5 Å². The van der Waals surface area contributed by atoms with Crippen molar-refractivity contribution < 1.29 is 18.7 Å². The molecule has 2 heterocycles. The van der Waals surface area contributed by atoms with Gasteiger partial charge in [0.1, 0.15) is 15.6 Å². The maximum atomic E-state index is 13.0. The first-order valence-electron chi connectivity index (χ1n) is 8.50. The van der Waals surface area contributed by atoms with Gasteiger partial charge in [-0.25, -0.2) is 19.2 Å². The lowest BCUT2D eigenvalue weighted by Gasteiger charge is -2.11. The molecule has 1 aromatic carbocycles. The van der Waals surface area contributed by atoms with Gasteiger partial charge in [0.05, 0.1) is 23.5 Å². The molecule has 0 aliphatic heterocycles. The van der Waals surface area contributed by atoms with Crippen molar-refractivity contribution in [3.8, 4) is 0 Å². The monoisotopic (exact) mass is 419 g/mol. The summed E-state index contributed by atoms with van der Waals surface area (Å²) >= 11 is 2.40. The van der Waals surface area contributed by atoms with Crippen molar-refractivity contribution in [3.63, 3.8) is 0 Å². The van der Waals surface area contributed by atoms with Crippen LogP contribution in [0.25, 0.3) is 0 Å². The van der Waals surface area contributed by atoms with Crippen LogP contribution >= 0.6 is 22.7 Å². The quantitative estimate of drug-likeness (QED) is 0.563. The van der Waals surface area contributed by atoms with Gasteiger partial charge in [0.25, 0.3) is 5.91 Å². The lowest BCUT2D eigenvalue weighted by Crippen LogP contribution is -2.25. The normalized spacial score (nSPS) is 10.7. The summed E-state index contributed by atoms with van der Waals surface area (Å²) in [5, 5.41) is 1.17. The number of hydrogen-bond donors (Lipinski definition) is 0. The van der Waals surface area contributed by atoms with Gasteiger partial charge in [-0.3, -0.25) is 9.69 Å². The molecule has 0 unspecified atom stereocenters. The van der Waals surface area contributed by atoms with Crippen LogP contribution in [0.1, 0.15) is 42.5 Å². The number of ether oxygens (including phenoxy) is 1. The smallest absolute Gasteiger partial charge is 0.350 e. The zero-order valence-corrected chi connectivity index (χ0v) is 17.2. The summed E-state index contributed by atoms with van der Waals surface area (Å²) in [6.45, 7) is 3.72. The zero-order valence-electron chi connectivity index (χ0n) is 15.6. The molecule has 146 valence electrons. The van der Waals surface area contributed by atoms with E-state index in [1.165, 1.54) is 34.6 Å². The standard InChI is InChI=1S/C19H18FN3O3S2/c1-4-26-18(25)16-11(2)22-19(28-16)23(3)17(24)14-10-21-15(27-14)9-12-5-7-13(20)8-6-12/h5-8,10H,4,9H2,1-3H3. The molecule has 1 amide bonds. The molecule has 0 saturated carbocycles. The Morgan fingerprint density at radius 2 is 1.93 bits per heavy atom. The third-order valence-electron chi connectivity index (χ3n) is 3.87. The molecular weight excluding hydrogens is 401 g/mol. The van der Waals surface area contributed by atoms with Gasteiger partial charge in [0.15, 0.2) is 5.13 Å². The molecule has 0 aliphatic carbocycles. The Labute approximate surface area is 169 Å². The van der Waals surface area contributed by atoms with E-state index in [2.05, 4.69) is 9.97 Å². The van der Waals surface area contributed by atoms with E-state index in [0.29, 0.717) is 27.0 Å². The Kier molecular flexibility index (Phi) is 6.15. The molecule has 0 aliphatic rings. The molecule has 0 fully saturated rings. The number of aromatic nitrogens is 2. The molecule has 6 nitrogen and oxygen atoms in total. The molecule has 2 aromatic heterocycles. The fourth-order valence-electron chi connectivity index (χ4n) is 2.43. The van der Waals surface area contributed by atoms with Crippen LogP contribution in [0.3, 0.4) is 0 Å². The largest absolute Gasteiger partial charge is 0.462 e. The molecule has 3 rings (SSSR count). The average Bonchev–Trinajstić information content (AvgIpc) is 3.29. The van der Waals surface area contributed by atoms with E-state index in [9.17, 15) is 14.0 Å². The summed E-state index contributed by atoms with van der Waals surface area (Å²) < 4.78 is 18.0. The van der Waals surface area contributed by atoms with Crippen LogP contribution in [0, 0.1) is 12.7 Å². The van der Waals surface area contributed by atoms with Gasteiger partial charge in [-0.05, 0) is 31.5 Å². The van der Waals surface area contributed by atoms with Crippen molar-refractivity contribution in [2.24, 2.45) is 0 Å². The van der Waals surface area contributed by atoms with Crippen LogP contribution in [0.5, 0.6) is 0 Å². The Morgan fingerprint density at radius 1 is 1.21 bits per heavy atom. The predicted molar refractivity (Wildman–Crippen MR) is 107 cm³/mol. The van der Waals surface area contributed by atoms with E-state index in [-0.39, 0.29) is 18.3 Å². The summed E-state index contributed by atoms with van der Waals surface area (Å²) in [6.07, 6.45) is 2.04. The highest BCUT2D eigenvalue weighted by Crippen LogP contribution is 2.28. The number of carbonyl (C=O) groups is 2. The van der Waals surface area contributed by atoms with E-state index < -0.39 is 5.97 Å². The second-order valence-corrected chi connectivity index (χ2v) is 8.01. The second-order valence-electron chi connectivity index (χ2n) is 5.92. The number of aryl methyl sites for hydroxylation is 1. The summed E-state index contributed by atoms with van der Waals surface area (Å²) in [4.78, 5) is 35.6. The van der Waals surface area contributed by atoms with Gasteiger partial charge < -0.3 is 4.74 Å². The van der Waals surface area contributed by atoms with Gasteiger partial charge >= 0.3 is 5.97 Å². The molecule has 9 heteroatoms. The molecule has 3 aromatic rings. The van der Waals surface area contributed by atoms with Crippen LogP contribution in [0.15, 0.2) is 30.5 Å². The molecule has 0 radical (unpaired) electrons. The van der Waals surface area contributed by atoms with Gasteiger partial charge in [-0.2, -0.15) is 0 Å². The van der Waals surface area contributed by atoms with Crippen LogP contribution < -0.4 is 4.90 Å². The highest BCUT2D eigenvalue weighted by Gasteiger charge is 2.23. The van der Waals surface area contributed by atoms with Gasteiger partial charge in [0, 0.05) is 13.5 Å². The maximum absolute atomic E-state index is 13.0. The second kappa shape index (κ2) is 8.57. The first-order chi connectivity index (χ1) is 13.4. The average molecular weight is 420 g/mol. The number of nitrogens with zero attached hydrogens (tertiary/aromatic N) is 3. The number of thiazole rings is 2. The molecule has 0 N–H and O–H groups in total. The fourth-order valence-corrected chi connectivity index (χ4v) is 4.28. The third-order valence-corrected chi connectivity index (χ3v) is 6.07. The summed E-state index contributed by atoms with van der Waals surface area (Å²) in [5.74, 6) is -0.989. The van der Waals surface area contributed by atoms with E-state index in [1.54, 1.807) is 33.0 Å².